The zero-order valence-electron chi connectivity index (χ0n) is 20.8. The first-order valence-electron chi connectivity index (χ1n) is 12.6. The molecular weight excluding hydrogens is 522 g/mol. The van der Waals surface area contributed by atoms with Crippen molar-refractivity contribution < 1.29 is 0 Å². The molecule has 0 aliphatic carbocycles. The minimum atomic E-state index is -1.24. The van der Waals surface area contributed by atoms with E-state index in [0.717, 1.165) is 21.3 Å². The van der Waals surface area contributed by atoms with Crippen LogP contribution in [-0.2, 0) is 11.3 Å². The molecular formula is C28H21N11S. The van der Waals surface area contributed by atoms with E-state index in [1.807, 2.05) is 84.9 Å². The third-order valence-corrected chi connectivity index (χ3v) is 7.85. The molecule has 0 radical (unpaired) electrons. The Hall–Kier alpha value is -5.36. The Morgan fingerprint density at radius 2 is 1.32 bits per heavy atom. The highest BCUT2D eigenvalue weighted by Gasteiger charge is 2.65. The van der Waals surface area contributed by atoms with E-state index in [2.05, 4.69) is 31.2 Å². The predicted octanol–water partition coefficient (Wildman–Crippen LogP) is 4.11. The zero-order valence-corrected chi connectivity index (χ0v) is 21.6. The molecule has 6 heterocycles. The second-order valence-corrected chi connectivity index (χ2v) is 10.4. The molecule has 6 aromatic rings. The number of aromatic nitrogens is 5. The number of nitrogens with one attached hydrogen (secondary N) is 5. The third-order valence-electron chi connectivity index (χ3n) is 6.90. The fourth-order valence-electron chi connectivity index (χ4n) is 5.17. The second-order valence-electron chi connectivity index (χ2n) is 9.36. The fourth-order valence-corrected chi connectivity index (χ4v) is 6.03. The van der Waals surface area contributed by atoms with Crippen LogP contribution in [0.2, 0.25) is 0 Å². The first-order valence-corrected chi connectivity index (χ1v) is 13.5. The van der Waals surface area contributed by atoms with Gasteiger partial charge in [-0.1, -0.05) is 47.7 Å². The van der Waals surface area contributed by atoms with Gasteiger partial charge in [0, 0.05) is 12.4 Å². The molecule has 12 heteroatoms. The zero-order chi connectivity index (χ0) is 26.6. The van der Waals surface area contributed by atoms with Gasteiger partial charge in [0.1, 0.15) is 0 Å². The van der Waals surface area contributed by atoms with Crippen molar-refractivity contribution in [2.24, 2.45) is 9.98 Å². The van der Waals surface area contributed by atoms with E-state index in [1.165, 1.54) is 0 Å². The summed E-state index contributed by atoms with van der Waals surface area (Å²) < 4.78 is 1.08. The van der Waals surface area contributed by atoms with Gasteiger partial charge >= 0.3 is 0 Å². The minimum Gasteiger partial charge on any atom is -0.324 e. The van der Waals surface area contributed by atoms with Crippen molar-refractivity contribution in [1.29, 1.82) is 0 Å². The van der Waals surface area contributed by atoms with Crippen LogP contribution >= 0.6 is 11.3 Å². The summed E-state index contributed by atoms with van der Waals surface area (Å²) in [6.07, 6.45) is 3.49. The maximum Gasteiger partial charge on any atom is 0.246 e. The number of imidazole rings is 1. The molecule has 0 saturated heterocycles. The smallest absolute Gasteiger partial charge is 0.246 e. The molecule has 5 N–H and O–H groups in total. The number of hydrogen-bond donors (Lipinski definition) is 5. The molecule has 2 aliphatic rings. The van der Waals surface area contributed by atoms with E-state index >= 15 is 0 Å². The number of aromatic amines is 1. The maximum absolute atomic E-state index is 5.14. The molecule has 0 saturated carbocycles. The summed E-state index contributed by atoms with van der Waals surface area (Å²) in [5.74, 6) is 1.51. The molecule has 0 amide bonds. The SMILES string of the molecule is c1ccc(C23N=C(Nc4nc5ccccc5[nH]4)NC2(c2ccccn2)NC(Nc2nc4ccccc4s2)=N3)nc1. The quantitative estimate of drug-likeness (QED) is 0.224. The van der Waals surface area contributed by atoms with Crippen LogP contribution in [-0.4, -0.2) is 36.8 Å². The Labute approximate surface area is 231 Å². The van der Waals surface area contributed by atoms with E-state index in [1.54, 1.807) is 23.7 Å². The van der Waals surface area contributed by atoms with Gasteiger partial charge in [0.15, 0.2) is 5.13 Å². The second kappa shape index (κ2) is 8.58. The van der Waals surface area contributed by atoms with Gasteiger partial charge in [0.25, 0.3) is 0 Å². The Bertz CT molecular complexity index is 1770. The van der Waals surface area contributed by atoms with Crippen LogP contribution in [0.1, 0.15) is 11.4 Å². The summed E-state index contributed by atoms with van der Waals surface area (Å²) in [4.78, 5) is 32.4. The van der Waals surface area contributed by atoms with Crippen molar-refractivity contribution in [2.75, 3.05) is 10.6 Å². The summed E-state index contributed by atoms with van der Waals surface area (Å²) in [5.41, 5.74) is 1.67. The van der Waals surface area contributed by atoms with Crippen LogP contribution in [0.25, 0.3) is 21.3 Å². The Morgan fingerprint density at radius 1 is 0.650 bits per heavy atom. The van der Waals surface area contributed by atoms with E-state index < -0.39 is 11.3 Å². The van der Waals surface area contributed by atoms with Crippen LogP contribution in [0.3, 0.4) is 0 Å². The number of aliphatic imine (C=N–C) groups is 2. The monoisotopic (exact) mass is 543 g/mol. The molecule has 2 atom stereocenters. The van der Waals surface area contributed by atoms with Gasteiger partial charge in [0.05, 0.1) is 32.6 Å². The summed E-state index contributed by atoms with van der Waals surface area (Å²) >= 11 is 1.55. The number of para-hydroxylation sites is 3. The predicted molar refractivity (Wildman–Crippen MR) is 156 cm³/mol. The largest absolute Gasteiger partial charge is 0.324 e. The van der Waals surface area contributed by atoms with Crippen molar-refractivity contribution in [3.63, 3.8) is 0 Å². The van der Waals surface area contributed by atoms with Crippen LogP contribution < -0.4 is 21.3 Å². The van der Waals surface area contributed by atoms with Gasteiger partial charge in [-0.15, -0.1) is 0 Å². The van der Waals surface area contributed by atoms with Crippen molar-refractivity contribution >= 4 is 55.6 Å². The van der Waals surface area contributed by atoms with Crippen LogP contribution in [0, 0.1) is 0 Å². The van der Waals surface area contributed by atoms with Crippen LogP contribution in [0.5, 0.6) is 0 Å². The molecule has 0 bridgehead atoms. The molecule has 40 heavy (non-hydrogen) atoms. The van der Waals surface area contributed by atoms with E-state index in [4.69, 9.17) is 24.9 Å². The first kappa shape index (κ1) is 22.6. The number of rotatable bonds is 4. The van der Waals surface area contributed by atoms with Crippen molar-refractivity contribution in [2.45, 2.75) is 11.3 Å². The van der Waals surface area contributed by atoms with Gasteiger partial charge < -0.3 is 20.9 Å². The van der Waals surface area contributed by atoms with Gasteiger partial charge in [-0.25, -0.2) is 20.0 Å². The Balaban J connectivity index is 1.26. The standard InChI is InChI=1S/C28H21N11S/c1-2-10-18-17(9-1)31-23(32-18)34-24-36-27(21-13-5-7-15-29-21)28(37-24,22-14-6-8-16-30-22)39-25(38-27)35-26-33-19-11-3-4-12-20(19)40-26/h1-16H,(H2,33,35,38,39)(H3,31,32,34,36,37). The van der Waals surface area contributed by atoms with Crippen LogP contribution in [0.15, 0.2) is 107 Å². The summed E-state index contributed by atoms with van der Waals surface area (Å²) in [6, 6.07) is 27.3. The molecule has 2 unspecified atom stereocenters. The van der Waals surface area contributed by atoms with E-state index in [0.29, 0.717) is 34.4 Å². The molecule has 4 aromatic heterocycles. The number of guanidine groups is 2. The molecule has 0 fully saturated rings. The third kappa shape index (κ3) is 3.43. The van der Waals surface area contributed by atoms with Gasteiger partial charge in [-0.2, -0.15) is 0 Å². The van der Waals surface area contributed by atoms with E-state index in [-0.39, 0.29) is 0 Å². The number of pyridine rings is 2. The lowest BCUT2D eigenvalue weighted by molar-refractivity contribution is 0.222. The number of benzene rings is 2. The number of H-pyrrole nitrogens is 1. The van der Waals surface area contributed by atoms with Crippen molar-refractivity contribution in [3.8, 4) is 0 Å². The van der Waals surface area contributed by atoms with Crippen molar-refractivity contribution in [3.05, 3.63) is 109 Å². The molecule has 0 spiro atoms. The lowest BCUT2D eigenvalue weighted by Crippen LogP contribution is -2.61. The first-order chi connectivity index (χ1) is 19.7. The number of hydrogen-bond acceptors (Lipinski definition) is 11. The number of thiazole rings is 1. The average molecular weight is 544 g/mol. The summed E-state index contributed by atoms with van der Waals surface area (Å²) in [7, 11) is 0. The molecule has 8 rings (SSSR count). The lowest BCUT2D eigenvalue weighted by Gasteiger charge is -2.35. The molecule has 11 nitrogen and oxygen atoms in total. The number of anilines is 2. The summed E-state index contributed by atoms with van der Waals surface area (Å²) in [5, 5.41) is 14.5. The lowest BCUT2D eigenvalue weighted by atomic mass is 9.88. The highest BCUT2D eigenvalue weighted by molar-refractivity contribution is 7.22. The fraction of sp³-hybridized carbons (Fsp3) is 0.0714. The van der Waals surface area contributed by atoms with Gasteiger partial charge in [-0.3, -0.25) is 15.3 Å². The Morgan fingerprint density at radius 3 is 2.05 bits per heavy atom. The highest BCUT2D eigenvalue weighted by atomic mass is 32.1. The van der Waals surface area contributed by atoms with Crippen molar-refractivity contribution in [1.82, 2.24) is 35.6 Å². The maximum atomic E-state index is 5.14. The topological polar surface area (TPSA) is 140 Å². The average Bonchev–Trinajstić information content (AvgIpc) is 3.73. The summed E-state index contributed by atoms with van der Waals surface area (Å²) in [6.45, 7) is 0. The normalized spacial score (nSPS) is 21.4. The number of fused-ring (bicyclic) bond motifs is 3. The van der Waals surface area contributed by atoms with E-state index in [9.17, 15) is 0 Å². The molecule has 194 valence electrons. The minimum absolute atomic E-state index is 0.464. The highest BCUT2D eigenvalue weighted by Crippen LogP contribution is 2.48. The number of nitrogens with zero attached hydrogens (tertiary/aromatic N) is 6. The van der Waals surface area contributed by atoms with Gasteiger partial charge in [0.2, 0.25) is 29.2 Å². The van der Waals surface area contributed by atoms with Gasteiger partial charge in [-0.05, 0) is 48.5 Å². The molecule has 2 aromatic carbocycles. The Kier molecular flexibility index (Phi) is 4.85. The van der Waals surface area contributed by atoms with Crippen LogP contribution in [0.4, 0.5) is 11.1 Å². The molecule has 2 aliphatic heterocycles.